The zero-order valence-corrected chi connectivity index (χ0v) is 9.72. The summed E-state index contributed by atoms with van der Waals surface area (Å²) in [7, 11) is 0. The number of nitriles is 2. The fourth-order valence-electron chi connectivity index (χ4n) is 1.55. The lowest BCUT2D eigenvalue weighted by Gasteiger charge is -2.10. The van der Waals surface area contributed by atoms with Crippen LogP contribution in [0.3, 0.4) is 0 Å². The number of halogens is 1. The molecule has 2 N–H and O–H groups in total. The molecule has 19 heavy (non-hydrogen) atoms. The Morgan fingerprint density at radius 3 is 2.37 bits per heavy atom. The standard InChI is InChI=1S/C14H8FN3O/c15-11-4-2-5-12(10(11)8-17)19-13-6-1-3-9(7-16)14(13)18/h1-6H,18H2. The summed E-state index contributed by atoms with van der Waals surface area (Å²) in [4.78, 5) is 0. The maximum absolute atomic E-state index is 13.4. The fraction of sp³-hybridized carbons (Fsp3) is 0. The highest BCUT2D eigenvalue weighted by Gasteiger charge is 2.12. The molecule has 0 aliphatic carbocycles. The Hall–Kier alpha value is -3.05. The lowest BCUT2D eigenvalue weighted by molar-refractivity contribution is 0.476. The molecule has 4 nitrogen and oxygen atoms in total. The normalized spacial score (nSPS) is 9.42. The summed E-state index contributed by atoms with van der Waals surface area (Å²) in [6, 6.07) is 12.4. The molecule has 92 valence electrons. The highest BCUT2D eigenvalue weighted by Crippen LogP contribution is 2.32. The van der Waals surface area contributed by atoms with Gasteiger partial charge in [0.2, 0.25) is 0 Å². The van der Waals surface area contributed by atoms with Crippen LogP contribution in [0.5, 0.6) is 11.5 Å². The van der Waals surface area contributed by atoms with Gasteiger partial charge in [-0.05, 0) is 24.3 Å². The Morgan fingerprint density at radius 1 is 1.00 bits per heavy atom. The molecule has 0 saturated heterocycles. The van der Waals surface area contributed by atoms with Crippen LogP contribution in [0.4, 0.5) is 10.1 Å². The minimum absolute atomic E-state index is 0.0595. The molecular weight excluding hydrogens is 245 g/mol. The second-order valence-corrected chi connectivity index (χ2v) is 3.66. The number of nitrogen functional groups attached to an aromatic ring is 1. The Morgan fingerprint density at radius 2 is 1.68 bits per heavy atom. The molecule has 0 spiro atoms. The molecule has 2 aromatic rings. The van der Waals surface area contributed by atoms with Crippen LogP contribution in [0.2, 0.25) is 0 Å². The van der Waals surface area contributed by atoms with Crippen LogP contribution in [0, 0.1) is 28.5 Å². The van der Waals surface area contributed by atoms with Crippen molar-refractivity contribution in [3.05, 3.63) is 53.3 Å². The number of benzene rings is 2. The molecule has 2 aromatic carbocycles. The summed E-state index contributed by atoms with van der Waals surface area (Å²) in [5.41, 5.74) is 5.95. The van der Waals surface area contributed by atoms with Crippen molar-refractivity contribution in [1.82, 2.24) is 0 Å². The molecule has 0 aliphatic rings. The van der Waals surface area contributed by atoms with Gasteiger partial charge in [0.05, 0.1) is 11.3 Å². The number of ether oxygens (including phenoxy) is 1. The second-order valence-electron chi connectivity index (χ2n) is 3.66. The second kappa shape index (κ2) is 5.07. The summed E-state index contributed by atoms with van der Waals surface area (Å²) in [5.74, 6) is -0.402. The fourth-order valence-corrected chi connectivity index (χ4v) is 1.55. The van der Waals surface area contributed by atoms with Gasteiger partial charge in [0, 0.05) is 0 Å². The van der Waals surface area contributed by atoms with Crippen molar-refractivity contribution in [3.8, 4) is 23.6 Å². The maximum atomic E-state index is 13.4. The quantitative estimate of drug-likeness (QED) is 0.834. The molecule has 0 bridgehead atoms. The Balaban J connectivity index is 2.47. The zero-order chi connectivity index (χ0) is 13.8. The molecule has 0 saturated carbocycles. The number of para-hydroxylation sites is 1. The Labute approximate surface area is 109 Å². The van der Waals surface area contributed by atoms with Crippen molar-refractivity contribution in [2.45, 2.75) is 0 Å². The van der Waals surface area contributed by atoms with Crippen molar-refractivity contribution in [3.63, 3.8) is 0 Å². The number of hydrogen-bond donors (Lipinski definition) is 1. The molecule has 2 rings (SSSR count). The van der Waals surface area contributed by atoms with Gasteiger partial charge in [-0.25, -0.2) is 4.39 Å². The highest BCUT2D eigenvalue weighted by atomic mass is 19.1. The first-order valence-corrected chi connectivity index (χ1v) is 5.32. The largest absolute Gasteiger partial charge is 0.454 e. The predicted octanol–water partition coefficient (Wildman–Crippen LogP) is 2.94. The minimum Gasteiger partial charge on any atom is -0.454 e. The molecule has 0 aromatic heterocycles. The van der Waals surface area contributed by atoms with E-state index in [4.69, 9.17) is 21.0 Å². The number of rotatable bonds is 2. The van der Waals surface area contributed by atoms with E-state index in [-0.39, 0.29) is 28.3 Å². The summed E-state index contributed by atoms with van der Waals surface area (Å²) in [6.45, 7) is 0. The van der Waals surface area contributed by atoms with Crippen LogP contribution in [0.15, 0.2) is 36.4 Å². The number of nitrogens with two attached hydrogens (primary N) is 1. The molecule has 0 amide bonds. The van der Waals surface area contributed by atoms with E-state index < -0.39 is 5.82 Å². The average Bonchev–Trinajstić information content (AvgIpc) is 2.41. The molecule has 5 heteroatoms. The molecular formula is C14H8FN3O. The van der Waals surface area contributed by atoms with Crippen molar-refractivity contribution in [2.75, 3.05) is 5.73 Å². The van der Waals surface area contributed by atoms with Crippen molar-refractivity contribution in [2.24, 2.45) is 0 Å². The van der Waals surface area contributed by atoms with Gasteiger partial charge in [0.25, 0.3) is 0 Å². The number of hydrogen-bond acceptors (Lipinski definition) is 4. The zero-order valence-electron chi connectivity index (χ0n) is 9.72. The van der Waals surface area contributed by atoms with Crippen LogP contribution >= 0.6 is 0 Å². The van der Waals surface area contributed by atoms with Crippen LogP contribution < -0.4 is 10.5 Å². The summed E-state index contributed by atoms with van der Waals surface area (Å²) in [6.07, 6.45) is 0. The van der Waals surface area contributed by atoms with Crippen LogP contribution in [-0.2, 0) is 0 Å². The monoisotopic (exact) mass is 253 g/mol. The number of anilines is 1. The first kappa shape index (κ1) is 12.4. The Bertz CT molecular complexity index is 714. The van der Waals surface area contributed by atoms with Crippen molar-refractivity contribution < 1.29 is 9.13 Å². The van der Waals surface area contributed by atoms with E-state index in [1.54, 1.807) is 24.3 Å². The molecule has 0 aliphatic heterocycles. The van der Waals surface area contributed by atoms with E-state index in [2.05, 4.69) is 0 Å². The van der Waals surface area contributed by atoms with Gasteiger partial charge in [0.1, 0.15) is 29.3 Å². The van der Waals surface area contributed by atoms with E-state index in [1.807, 2.05) is 6.07 Å². The third kappa shape index (κ3) is 2.31. The lowest BCUT2D eigenvalue weighted by atomic mass is 10.1. The third-order valence-electron chi connectivity index (χ3n) is 2.49. The van der Waals surface area contributed by atoms with Crippen LogP contribution in [0.1, 0.15) is 11.1 Å². The summed E-state index contributed by atoms with van der Waals surface area (Å²) < 4.78 is 18.8. The predicted molar refractivity (Wildman–Crippen MR) is 66.8 cm³/mol. The molecule has 0 fully saturated rings. The first-order valence-electron chi connectivity index (χ1n) is 5.32. The van der Waals surface area contributed by atoms with Gasteiger partial charge < -0.3 is 10.5 Å². The smallest absolute Gasteiger partial charge is 0.151 e. The highest BCUT2D eigenvalue weighted by molar-refractivity contribution is 5.64. The Kier molecular flexibility index (Phi) is 3.31. The van der Waals surface area contributed by atoms with Crippen molar-refractivity contribution >= 4 is 5.69 Å². The SMILES string of the molecule is N#Cc1cccc(Oc2cccc(F)c2C#N)c1N. The molecule has 0 radical (unpaired) electrons. The molecule has 0 atom stereocenters. The van der Waals surface area contributed by atoms with Crippen LogP contribution in [-0.4, -0.2) is 0 Å². The van der Waals surface area contributed by atoms with E-state index in [1.165, 1.54) is 18.2 Å². The third-order valence-corrected chi connectivity index (χ3v) is 2.49. The van der Waals surface area contributed by atoms with Gasteiger partial charge in [0.15, 0.2) is 5.75 Å². The molecule has 0 unspecified atom stereocenters. The lowest BCUT2D eigenvalue weighted by Crippen LogP contribution is -1.97. The number of nitrogens with zero attached hydrogens (tertiary/aromatic N) is 2. The van der Waals surface area contributed by atoms with Gasteiger partial charge in [-0.15, -0.1) is 0 Å². The molecule has 0 heterocycles. The minimum atomic E-state index is -0.671. The maximum Gasteiger partial charge on any atom is 0.151 e. The van der Waals surface area contributed by atoms with E-state index >= 15 is 0 Å². The van der Waals surface area contributed by atoms with Crippen LogP contribution in [0.25, 0.3) is 0 Å². The van der Waals surface area contributed by atoms with E-state index in [9.17, 15) is 4.39 Å². The van der Waals surface area contributed by atoms with Gasteiger partial charge >= 0.3 is 0 Å². The summed E-state index contributed by atoms with van der Waals surface area (Å²) >= 11 is 0. The van der Waals surface area contributed by atoms with Crippen molar-refractivity contribution in [1.29, 1.82) is 10.5 Å². The van der Waals surface area contributed by atoms with E-state index in [0.29, 0.717) is 0 Å². The summed E-state index contributed by atoms with van der Waals surface area (Å²) in [5, 5.41) is 17.7. The van der Waals surface area contributed by atoms with E-state index in [0.717, 1.165) is 0 Å². The topological polar surface area (TPSA) is 82.8 Å². The average molecular weight is 253 g/mol. The first-order chi connectivity index (χ1) is 9.17. The van der Waals surface area contributed by atoms with Gasteiger partial charge in [-0.1, -0.05) is 12.1 Å². The van der Waals surface area contributed by atoms with Gasteiger partial charge in [-0.2, -0.15) is 10.5 Å². The van der Waals surface area contributed by atoms with Gasteiger partial charge in [-0.3, -0.25) is 0 Å².